The number of carbonyl (C=O) groups excluding carboxylic acids is 1. The number of pyridine rings is 1. The second kappa shape index (κ2) is 5.31. The van der Waals surface area contributed by atoms with E-state index in [9.17, 15) is 4.79 Å². The van der Waals surface area contributed by atoms with Crippen molar-refractivity contribution in [1.82, 2.24) is 10.3 Å². The highest BCUT2D eigenvalue weighted by Crippen LogP contribution is 2.21. The lowest BCUT2D eigenvalue weighted by atomic mass is 10.2. The number of benzene rings is 1. The third kappa shape index (κ3) is 2.85. The minimum Gasteiger partial charge on any atom is -0.457 e. The van der Waals surface area contributed by atoms with E-state index in [1.165, 1.54) is 5.56 Å². The molecular formula is C14H14N2O2. The highest BCUT2D eigenvalue weighted by molar-refractivity contribution is 5.92. The third-order valence-electron chi connectivity index (χ3n) is 2.45. The quantitative estimate of drug-likeness (QED) is 0.899. The molecule has 0 aliphatic heterocycles. The Morgan fingerprint density at radius 3 is 2.56 bits per heavy atom. The number of rotatable bonds is 3. The Morgan fingerprint density at radius 1 is 1.17 bits per heavy atom. The predicted octanol–water partition coefficient (Wildman–Crippen LogP) is 2.54. The van der Waals surface area contributed by atoms with Crippen LogP contribution >= 0.6 is 0 Å². The average Bonchev–Trinajstić information content (AvgIpc) is 2.41. The van der Waals surface area contributed by atoms with Crippen LogP contribution in [-0.2, 0) is 0 Å². The molecule has 0 unspecified atom stereocenters. The summed E-state index contributed by atoms with van der Waals surface area (Å²) < 4.78 is 5.65. The van der Waals surface area contributed by atoms with Crippen LogP contribution in [-0.4, -0.2) is 17.9 Å². The van der Waals surface area contributed by atoms with Crippen molar-refractivity contribution in [2.24, 2.45) is 0 Å². The van der Waals surface area contributed by atoms with Gasteiger partial charge in [0.25, 0.3) is 5.91 Å². The number of nitrogens with zero attached hydrogens (tertiary/aromatic N) is 1. The van der Waals surface area contributed by atoms with Gasteiger partial charge >= 0.3 is 0 Å². The van der Waals surface area contributed by atoms with Gasteiger partial charge in [-0.05, 0) is 25.1 Å². The van der Waals surface area contributed by atoms with Crippen molar-refractivity contribution < 1.29 is 9.53 Å². The van der Waals surface area contributed by atoms with E-state index in [0.29, 0.717) is 11.4 Å². The first-order valence-corrected chi connectivity index (χ1v) is 5.61. The normalized spacial score (nSPS) is 9.89. The van der Waals surface area contributed by atoms with Gasteiger partial charge in [-0.25, -0.2) is 0 Å². The zero-order valence-corrected chi connectivity index (χ0v) is 10.3. The Hall–Kier alpha value is -2.36. The monoisotopic (exact) mass is 242 g/mol. The largest absolute Gasteiger partial charge is 0.457 e. The van der Waals surface area contributed by atoms with Crippen LogP contribution in [0.5, 0.6) is 11.5 Å². The predicted molar refractivity (Wildman–Crippen MR) is 68.9 cm³/mol. The minimum absolute atomic E-state index is 0.232. The van der Waals surface area contributed by atoms with Gasteiger partial charge < -0.3 is 10.1 Å². The molecule has 0 saturated carbocycles. The van der Waals surface area contributed by atoms with E-state index >= 15 is 0 Å². The van der Waals surface area contributed by atoms with Gasteiger partial charge in [-0.2, -0.15) is 0 Å². The summed E-state index contributed by atoms with van der Waals surface area (Å²) in [5.41, 5.74) is 1.50. The molecule has 0 spiro atoms. The Morgan fingerprint density at radius 2 is 1.89 bits per heavy atom. The molecule has 1 heterocycles. The molecule has 0 atom stereocenters. The number of hydrogen-bond acceptors (Lipinski definition) is 3. The van der Waals surface area contributed by atoms with Crippen LogP contribution in [0.3, 0.4) is 0 Å². The first-order valence-electron chi connectivity index (χ1n) is 5.61. The van der Waals surface area contributed by atoms with Crippen molar-refractivity contribution in [3.8, 4) is 11.5 Å². The lowest BCUT2D eigenvalue weighted by Gasteiger charge is -2.06. The van der Waals surface area contributed by atoms with E-state index in [1.54, 1.807) is 25.4 Å². The Kier molecular flexibility index (Phi) is 3.57. The lowest BCUT2D eigenvalue weighted by molar-refractivity contribution is 0.0958. The number of hydrogen-bond donors (Lipinski definition) is 1. The maximum absolute atomic E-state index is 11.4. The first kappa shape index (κ1) is 12.1. The summed E-state index contributed by atoms with van der Waals surface area (Å²) in [7, 11) is 1.57. The van der Waals surface area contributed by atoms with Gasteiger partial charge in [0.2, 0.25) is 0 Å². The molecule has 0 bridgehead atoms. The summed E-state index contributed by atoms with van der Waals surface area (Å²) in [6, 6.07) is 11.0. The molecule has 18 heavy (non-hydrogen) atoms. The molecule has 0 fully saturated rings. The zero-order chi connectivity index (χ0) is 13.0. The van der Waals surface area contributed by atoms with Gasteiger partial charge in [-0.3, -0.25) is 9.78 Å². The average molecular weight is 242 g/mol. The van der Waals surface area contributed by atoms with Crippen LogP contribution < -0.4 is 10.1 Å². The van der Waals surface area contributed by atoms with E-state index in [1.807, 2.05) is 31.2 Å². The standard InChI is InChI=1S/C14H14N2O2/c1-10-3-5-11(6-4-10)18-12-7-8-16-13(9-12)14(17)15-2/h3-9H,1-2H3,(H,15,17). The van der Waals surface area contributed by atoms with Gasteiger partial charge in [0.05, 0.1) is 0 Å². The van der Waals surface area contributed by atoms with Gasteiger partial charge in [-0.15, -0.1) is 0 Å². The number of aryl methyl sites for hydroxylation is 1. The summed E-state index contributed by atoms with van der Waals surface area (Å²) in [6.45, 7) is 2.01. The highest BCUT2D eigenvalue weighted by atomic mass is 16.5. The van der Waals surface area contributed by atoms with Crippen LogP contribution in [0.4, 0.5) is 0 Å². The SMILES string of the molecule is CNC(=O)c1cc(Oc2ccc(C)cc2)ccn1. The van der Waals surface area contributed by atoms with E-state index in [2.05, 4.69) is 10.3 Å². The smallest absolute Gasteiger partial charge is 0.269 e. The van der Waals surface area contributed by atoms with E-state index in [4.69, 9.17) is 4.74 Å². The third-order valence-corrected chi connectivity index (χ3v) is 2.45. The van der Waals surface area contributed by atoms with E-state index < -0.39 is 0 Å². The minimum atomic E-state index is -0.232. The fourth-order valence-electron chi connectivity index (χ4n) is 1.47. The second-order valence-electron chi connectivity index (χ2n) is 3.87. The number of aromatic nitrogens is 1. The van der Waals surface area contributed by atoms with Crippen molar-refractivity contribution in [2.75, 3.05) is 7.05 Å². The molecule has 4 nitrogen and oxygen atoms in total. The zero-order valence-electron chi connectivity index (χ0n) is 10.3. The first-order chi connectivity index (χ1) is 8.69. The molecule has 92 valence electrons. The molecular weight excluding hydrogens is 228 g/mol. The topological polar surface area (TPSA) is 51.2 Å². The summed E-state index contributed by atoms with van der Waals surface area (Å²) in [6.07, 6.45) is 1.55. The Balaban J connectivity index is 2.19. The van der Waals surface area contributed by atoms with E-state index in [-0.39, 0.29) is 5.91 Å². The lowest BCUT2D eigenvalue weighted by Crippen LogP contribution is -2.18. The fraction of sp³-hybridized carbons (Fsp3) is 0.143. The summed E-state index contributed by atoms with van der Waals surface area (Å²) in [5, 5.41) is 2.52. The number of ether oxygens (including phenoxy) is 1. The van der Waals surface area contributed by atoms with Crippen molar-refractivity contribution in [3.63, 3.8) is 0 Å². The number of amides is 1. The molecule has 0 radical (unpaired) electrons. The maximum Gasteiger partial charge on any atom is 0.269 e. The molecule has 2 aromatic rings. The van der Waals surface area contributed by atoms with Crippen molar-refractivity contribution >= 4 is 5.91 Å². The van der Waals surface area contributed by atoms with Gasteiger partial charge in [0.15, 0.2) is 0 Å². The van der Waals surface area contributed by atoms with Crippen molar-refractivity contribution in [1.29, 1.82) is 0 Å². The molecule has 1 amide bonds. The molecule has 0 saturated heterocycles. The summed E-state index contributed by atoms with van der Waals surface area (Å²) in [4.78, 5) is 15.4. The second-order valence-corrected chi connectivity index (χ2v) is 3.87. The Labute approximate surface area is 106 Å². The molecule has 1 aromatic carbocycles. The number of nitrogens with one attached hydrogen (secondary N) is 1. The van der Waals surface area contributed by atoms with Gasteiger partial charge in [0.1, 0.15) is 17.2 Å². The van der Waals surface area contributed by atoms with E-state index in [0.717, 1.165) is 5.75 Å². The van der Waals surface area contributed by atoms with Gasteiger partial charge in [-0.1, -0.05) is 17.7 Å². The summed E-state index contributed by atoms with van der Waals surface area (Å²) in [5.74, 6) is 1.09. The molecule has 2 rings (SSSR count). The van der Waals surface area contributed by atoms with Gasteiger partial charge in [0, 0.05) is 19.3 Å². The molecule has 1 aromatic heterocycles. The van der Waals surface area contributed by atoms with Crippen LogP contribution in [0, 0.1) is 6.92 Å². The molecule has 4 heteroatoms. The molecule has 1 N–H and O–H groups in total. The number of carbonyl (C=O) groups is 1. The van der Waals surface area contributed by atoms with Crippen molar-refractivity contribution in [3.05, 3.63) is 53.9 Å². The van der Waals surface area contributed by atoms with Crippen LogP contribution in [0.2, 0.25) is 0 Å². The van der Waals surface area contributed by atoms with Crippen molar-refractivity contribution in [2.45, 2.75) is 6.92 Å². The summed E-state index contributed by atoms with van der Waals surface area (Å²) >= 11 is 0. The van der Waals surface area contributed by atoms with Crippen LogP contribution in [0.1, 0.15) is 16.1 Å². The fourth-order valence-corrected chi connectivity index (χ4v) is 1.47. The van der Waals surface area contributed by atoms with Crippen LogP contribution in [0.25, 0.3) is 0 Å². The highest BCUT2D eigenvalue weighted by Gasteiger charge is 2.06. The molecule has 0 aliphatic rings. The Bertz CT molecular complexity index is 550. The van der Waals surface area contributed by atoms with Crippen LogP contribution in [0.15, 0.2) is 42.6 Å². The maximum atomic E-state index is 11.4. The molecule has 0 aliphatic carbocycles.